The largest absolute Gasteiger partial charge is 0.465 e. The third-order valence-corrected chi connectivity index (χ3v) is 7.84. The maximum Gasteiger partial charge on any atom is 0.337 e. The molecule has 4 rings (SSSR count). The number of methoxy groups -OCH3 is 1. The van der Waals surface area contributed by atoms with Gasteiger partial charge < -0.3 is 9.64 Å². The molecule has 0 saturated carbocycles. The zero-order chi connectivity index (χ0) is 29.4. The molecule has 0 spiro atoms. The van der Waals surface area contributed by atoms with Gasteiger partial charge in [0, 0.05) is 34.2 Å². The van der Waals surface area contributed by atoms with E-state index in [2.05, 4.69) is 6.07 Å². The highest BCUT2D eigenvalue weighted by Gasteiger charge is 2.60. The molecule has 3 atom stereocenters. The molecular formula is C31H28Cl2F2N2O3. The van der Waals surface area contributed by atoms with Crippen molar-refractivity contribution in [3.05, 3.63) is 105 Å². The lowest BCUT2D eigenvalue weighted by molar-refractivity contribution is 0.0599. The standard InChI is InChI=1S/C31H28Cl2F2N2O3/c1-30(2,3)15-20-16-37(28(38)18-8-10-19(11-9-18)29(39)40-4)27(22-6-5-7-24(33)26(22)35)31(20,17-36)23-13-12-21(32)14-25(23)34/h5-14,20,27H,15-16H2,1-4H3/t20-,27-,31-/m1/s1. The molecule has 1 heterocycles. The molecule has 1 amide bonds. The van der Waals surface area contributed by atoms with Crippen LogP contribution in [0.1, 0.15) is 65.1 Å². The number of carbonyl (C=O) groups excluding carboxylic acids is 2. The summed E-state index contributed by atoms with van der Waals surface area (Å²) in [5.41, 5.74) is -1.53. The van der Waals surface area contributed by atoms with Gasteiger partial charge in [-0.15, -0.1) is 0 Å². The van der Waals surface area contributed by atoms with E-state index in [9.17, 15) is 14.9 Å². The summed E-state index contributed by atoms with van der Waals surface area (Å²) < 4.78 is 36.2. The maximum absolute atomic E-state index is 15.8. The van der Waals surface area contributed by atoms with Crippen LogP contribution in [0.4, 0.5) is 8.78 Å². The van der Waals surface area contributed by atoms with Crippen molar-refractivity contribution in [3.8, 4) is 6.07 Å². The third kappa shape index (κ3) is 5.31. The fourth-order valence-electron chi connectivity index (χ4n) is 5.70. The zero-order valence-electron chi connectivity index (χ0n) is 22.5. The van der Waals surface area contributed by atoms with Gasteiger partial charge in [-0.05, 0) is 54.3 Å². The molecule has 0 radical (unpaired) electrons. The van der Waals surface area contributed by atoms with Crippen LogP contribution in [-0.4, -0.2) is 30.4 Å². The van der Waals surface area contributed by atoms with Crippen LogP contribution >= 0.6 is 23.2 Å². The van der Waals surface area contributed by atoms with Crippen LogP contribution in [0.3, 0.4) is 0 Å². The summed E-state index contributed by atoms with van der Waals surface area (Å²) in [5, 5.41) is 10.9. The van der Waals surface area contributed by atoms with Gasteiger partial charge in [0.1, 0.15) is 17.0 Å². The lowest BCUT2D eigenvalue weighted by atomic mass is 9.63. The highest BCUT2D eigenvalue weighted by Crippen LogP contribution is 2.56. The summed E-state index contributed by atoms with van der Waals surface area (Å²) in [7, 11) is 1.25. The van der Waals surface area contributed by atoms with E-state index in [1.54, 1.807) is 0 Å². The molecule has 0 aromatic heterocycles. The number of likely N-dealkylation sites (tertiary alicyclic amines) is 1. The second kappa shape index (κ2) is 11.2. The van der Waals surface area contributed by atoms with Crippen molar-refractivity contribution in [3.63, 3.8) is 0 Å². The lowest BCUT2D eigenvalue weighted by Gasteiger charge is -2.38. The predicted molar refractivity (Wildman–Crippen MR) is 149 cm³/mol. The minimum atomic E-state index is -1.69. The van der Waals surface area contributed by atoms with Gasteiger partial charge in [0.05, 0.1) is 29.8 Å². The van der Waals surface area contributed by atoms with E-state index >= 15 is 8.78 Å². The molecule has 1 saturated heterocycles. The number of carbonyl (C=O) groups is 2. The van der Waals surface area contributed by atoms with Crippen LogP contribution in [0.25, 0.3) is 0 Å². The highest BCUT2D eigenvalue weighted by atomic mass is 35.5. The molecule has 0 N–H and O–H groups in total. The van der Waals surface area contributed by atoms with E-state index in [1.807, 2.05) is 20.8 Å². The number of hydrogen-bond acceptors (Lipinski definition) is 4. The normalized spacial score (nSPS) is 20.7. The molecule has 40 heavy (non-hydrogen) atoms. The first-order valence-electron chi connectivity index (χ1n) is 12.6. The van der Waals surface area contributed by atoms with Crippen LogP contribution in [0.2, 0.25) is 10.0 Å². The van der Waals surface area contributed by atoms with Gasteiger partial charge in [0.15, 0.2) is 0 Å². The number of ether oxygens (including phenoxy) is 1. The van der Waals surface area contributed by atoms with Crippen LogP contribution in [0, 0.1) is 34.3 Å². The van der Waals surface area contributed by atoms with Crippen molar-refractivity contribution in [1.82, 2.24) is 4.90 Å². The molecule has 3 aromatic rings. The van der Waals surface area contributed by atoms with Gasteiger partial charge in [0.25, 0.3) is 5.91 Å². The second-order valence-electron chi connectivity index (χ2n) is 11.1. The Labute approximate surface area is 242 Å². The van der Waals surface area contributed by atoms with Crippen LogP contribution < -0.4 is 0 Å². The van der Waals surface area contributed by atoms with Crippen LogP contribution in [0.5, 0.6) is 0 Å². The van der Waals surface area contributed by atoms with Crippen LogP contribution in [0.15, 0.2) is 60.7 Å². The molecule has 9 heteroatoms. The summed E-state index contributed by atoms with van der Waals surface area (Å²) in [6, 6.07) is 15.4. The van der Waals surface area contributed by atoms with Crippen LogP contribution in [-0.2, 0) is 10.2 Å². The molecular weight excluding hydrogens is 557 g/mol. The highest BCUT2D eigenvalue weighted by molar-refractivity contribution is 6.31. The Balaban J connectivity index is 1.98. The smallest absolute Gasteiger partial charge is 0.337 e. The quantitative estimate of drug-likeness (QED) is 0.287. The monoisotopic (exact) mass is 584 g/mol. The van der Waals surface area contributed by atoms with Crippen molar-refractivity contribution in [2.75, 3.05) is 13.7 Å². The topological polar surface area (TPSA) is 70.4 Å². The summed E-state index contributed by atoms with van der Waals surface area (Å²) >= 11 is 12.2. The number of rotatable bonds is 5. The Hall–Kier alpha value is -3.47. The minimum Gasteiger partial charge on any atom is -0.465 e. The number of nitriles is 1. The fourth-order valence-corrected chi connectivity index (χ4v) is 6.04. The molecule has 0 aliphatic carbocycles. The van der Waals surface area contributed by atoms with E-state index in [0.717, 1.165) is 6.07 Å². The Morgan fingerprint density at radius 2 is 1.73 bits per heavy atom. The van der Waals surface area contributed by atoms with Crippen molar-refractivity contribution in [2.45, 2.75) is 38.6 Å². The molecule has 0 bridgehead atoms. The second-order valence-corrected chi connectivity index (χ2v) is 12.0. The fraction of sp³-hybridized carbons (Fsp3) is 0.323. The van der Waals surface area contributed by atoms with Crippen molar-refractivity contribution in [1.29, 1.82) is 5.26 Å². The molecule has 208 valence electrons. The number of esters is 1. The van der Waals surface area contributed by atoms with Gasteiger partial charge in [-0.25, -0.2) is 13.6 Å². The van der Waals surface area contributed by atoms with Crippen molar-refractivity contribution < 1.29 is 23.1 Å². The first-order chi connectivity index (χ1) is 18.8. The average Bonchev–Trinajstić information content (AvgIpc) is 3.22. The summed E-state index contributed by atoms with van der Waals surface area (Å²) in [5.74, 6) is -3.18. The minimum absolute atomic E-state index is 0.000611. The number of amides is 1. The van der Waals surface area contributed by atoms with Gasteiger partial charge in [-0.3, -0.25) is 4.79 Å². The first kappa shape index (κ1) is 29.5. The molecule has 1 aliphatic heterocycles. The Bertz CT molecular complexity index is 1500. The Kier molecular flexibility index (Phi) is 8.26. The molecule has 0 unspecified atom stereocenters. The maximum atomic E-state index is 15.8. The van der Waals surface area contributed by atoms with Crippen molar-refractivity contribution in [2.24, 2.45) is 11.3 Å². The van der Waals surface area contributed by atoms with E-state index in [0.29, 0.717) is 6.42 Å². The molecule has 5 nitrogen and oxygen atoms in total. The number of halogens is 4. The van der Waals surface area contributed by atoms with E-state index in [4.69, 9.17) is 27.9 Å². The van der Waals surface area contributed by atoms with Gasteiger partial charge in [-0.1, -0.05) is 62.2 Å². The Morgan fingerprint density at radius 3 is 2.30 bits per heavy atom. The number of benzene rings is 3. The van der Waals surface area contributed by atoms with E-state index in [1.165, 1.54) is 66.6 Å². The summed E-state index contributed by atoms with van der Waals surface area (Å²) in [6.45, 7) is 6.00. The molecule has 3 aromatic carbocycles. The SMILES string of the molecule is COC(=O)c1ccc(C(=O)N2C[C@@H](CC(C)(C)C)[C@](C#N)(c3ccc(Cl)cc3F)[C@H]2c2cccc(Cl)c2F)cc1. The van der Waals surface area contributed by atoms with Gasteiger partial charge in [-0.2, -0.15) is 5.26 Å². The van der Waals surface area contributed by atoms with Gasteiger partial charge >= 0.3 is 5.97 Å². The summed E-state index contributed by atoms with van der Waals surface area (Å²) in [6.07, 6.45) is 0.423. The average molecular weight is 585 g/mol. The molecule has 1 fully saturated rings. The van der Waals surface area contributed by atoms with Gasteiger partial charge in [0.2, 0.25) is 0 Å². The number of hydrogen-bond donors (Lipinski definition) is 0. The predicted octanol–water partition coefficient (Wildman–Crippen LogP) is 7.77. The van der Waals surface area contributed by atoms with Crippen molar-refractivity contribution >= 4 is 35.1 Å². The summed E-state index contributed by atoms with van der Waals surface area (Å²) in [4.78, 5) is 27.4. The Morgan fingerprint density at radius 1 is 1.07 bits per heavy atom. The first-order valence-corrected chi connectivity index (χ1v) is 13.4. The number of nitrogens with zero attached hydrogens (tertiary/aromatic N) is 2. The molecule has 1 aliphatic rings. The lowest BCUT2D eigenvalue weighted by Crippen LogP contribution is -2.41. The third-order valence-electron chi connectivity index (χ3n) is 7.31. The van der Waals surface area contributed by atoms with E-state index in [-0.39, 0.29) is 44.3 Å². The van der Waals surface area contributed by atoms with E-state index < -0.39 is 40.9 Å². The zero-order valence-corrected chi connectivity index (χ0v) is 24.0.